The molecule has 7 heteroatoms. The Morgan fingerprint density at radius 3 is 2.46 bits per heavy atom. The third-order valence-corrected chi connectivity index (χ3v) is 3.84. The minimum Gasteiger partial charge on any atom is -0.371 e. The molecular formula is C17H18F3N3O. The van der Waals surface area contributed by atoms with Crippen LogP contribution >= 0.6 is 0 Å². The molecule has 2 N–H and O–H groups in total. The molecular weight excluding hydrogens is 319 g/mol. The molecule has 24 heavy (non-hydrogen) atoms. The van der Waals surface area contributed by atoms with Crippen LogP contribution in [0.15, 0.2) is 42.6 Å². The van der Waals surface area contributed by atoms with Crippen LogP contribution in [0.2, 0.25) is 0 Å². The number of nitrogens with zero attached hydrogens (tertiary/aromatic N) is 1. The van der Waals surface area contributed by atoms with Gasteiger partial charge in [0.15, 0.2) is 0 Å². The lowest BCUT2D eigenvalue weighted by Gasteiger charge is -2.28. The van der Waals surface area contributed by atoms with Gasteiger partial charge in [-0.15, -0.1) is 0 Å². The molecule has 1 aliphatic heterocycles. The van der Waals surface area contributed by atoms with Crippen LogP contribution in [0.1, 0.15) is 24.2 Å². The zero-order chi connectivity index (χ0) is 17.2. The number of morpholine rings is 1. The third kappa shape index (κ3) is 4.04. The highest BCUT2D eigenvalue weighted by atomic mass is 19.4. The van der Waals surface area contributed by atoms with E-state index in [9.17, 15) is 13.2 Å². The van der Waals surface area contributed by atoms with Gasteiger partial charge in [-0.3, -0.25) is 0 Å². The lowest BCUT2D eigenvalue weighted by molar-refractivity contribution is -0.137. The van der Waals surface area contributed by atoms with Gasteiger partial charge < -0.3 is 15.4 Å². The largest absolute Gasteiger partial charge is 0.417 e. The van der Waals surface area contributed by atoms with E-state index in [0.717, 1.165) is 30.1 Å². The van der Waals surface area contributed by atoms with Crippen LogP contribution in [-0.4, -0.2) is 24.2 Å². The van der Waals surface area contributed by atoms with E-state index in [2.05, 4.69) is 22.5 Å². The summed E-state index contributed by atoms with van der Waals surface area (Å²) >= 11 is 0. The number of pyridine rings is 1. The fourth-order valence-corrected chi connectivity index (χ4v) is 2.47. The second-order valence-electron chi connectivity index (χ2n) is 5.81. The van der Waals surface area contributed by atoms with E-state index >= 15 is 0 Å². The van der Waals surface area contributed by atoms with Crippen molar-refractivity contribution in [3.63, 3.8) is 0 Å². The second kappa shape index (κ2) is 6.78. The van der Waals surface area contributed by atoms with Gasteiger partial charge in [-0.25, -0.2) is 4.98 Å². The molecule has 0 saturated carbocycles. The molecule has 0 spiro atoms. The van der Waals surface area contributed by atoms with Gasteiger partial charge in [0.1, 0.15) is 5.82 Å². The zero-order valence-electron chi connectivity index (χ0n) is 13.1. The highest BCUT2D eigenvalue weighted by Gasteiger charge is 2.30. The smallest absolute Gasteiger partial charge is 0.371 e. The van der Waals surface area contributed by atoms with Gasteiger partial charge in [0.2, 0.25) is 0 Å². The van der Waals surface area contributed by atoms with Crippen molar-refractivity contribution in [3.8, 4) is 0 Å². The lowest BCUT2D eigenvalue weighted by Crippen LogP contribution is -2.40. The number of hydrogen-bond donors (Lipinski definition) is 2. The van der Waals surface area contributed by atoms with Crippen molar-refractivity contribution in [2.45, 2.75) is 25.2 Å². The molecule has 2 atom stereocenters. The van der Waals surface area contributed by atoms with E-state index < -0.39 is 11.7 Å². The number of aromatic nitrogens is 1. The molecule has 3 rings (SSSR count). The molecule has 1 saturated heterocycles. The number of anilines is 2. The van der Waals surface area contributed by atoms with Gasteiger partial charge in [0.05, 0.1) is 18.3 Å². The number of benzene rings is 1. The fourth-order valence-electron chi connectivity index (χ4n) is 2.47. The Labute approximate surface area is 138 Å². The summed E-state index contributed by atoms with van der Waals surface area (Å²) in [5.41, 5.74) is 1.04. The number of rotatable bonds is 3. The number of ether oxygens (including phenoxy) is 1. The zero-order valence-corrected chi connectivity index (χ0v) is 13.1. The summed E-state index contributed by atoms with van der Waals surface area (Å²) in [6.45, 7) is 3.49. The Hall–Kier alpha value is -2.12. The molecule has 1 aliphatic rings. The van der Waals surface area contributed by atoms with Gasteiger partial charge in [-0.05, 0) is 36.8 Å². The number of nitrogens with one attached hydrogen (secondary N) is 2. The topological polar surface area (TPSA) is 46.2 Å². The highest BCUT2D eigenvalue weighted by molar-refractivity contribution is 5.56. The summed E-state index contributed by atoms with van der Waals surface area (Å²) in [6, 6.07) is 10.3. The lowest BCUT2D eigenvalue weighted by atomic mass is 10.1. The van der Waals surface area contributed by atoms with Gasteiger partial charge in [-0.2, -0.15) is 13.2 Å². The van der Waals surface area contributed by atoms with Crippen LogP contribution in [0.25, 0.3) is 0 Å². The maximum Gasteiger partial charge on any atom is 0.417 e. The Balaban J connectivity index is 1.64. The summed E-state index contributed by atoms with van der Waals surface area (Å²) in [4.78, 5) is 3.80. The SMILES string of the molecule is CC1COC(c2ccc(Nc3ccc(C(F)(F)F)cn3)cc2)CN1. The molecule has 1 fully saturated rings. The Morgan fingerprint density at radius 2 is 1.92 bits per heavy atom. The van der Waals surface area contributed by atoms with E-state index in [1.807, 2.05) is 24.3 Å². The van der Waals surface area contributed by atoms with Crippen molar-refractivity contribution >= 4 is 11.5 Å². The third-order valence-electron chi connectivity index (χ3n) is 3.84. The van der Waals surface area contributed by atoms with Crippen molar-refractivity contribution < 1.29 is 17.9 Å². The molecule has 0 amide bonds. The van der Waals surface area contributed by atoms with Crippen LogP contribution in [0.3, 0.4) is 0 Å². The summed E-state index contributed by atoms with van der Waals surface area (Å²) in [7, 11) is 0. The van der Waals surface area contributed by atoms with E-state index in [4.69, 9.17) is 4.74 Å². The molecule has 2 heterocycles. The van der Waals surface area contributed by atoms with Crippen LogP contribution in [0, 0.1) is 0 Å². The minimum absolute atomic E-state index is 0.0134. The normalized spacial score (nSPS) is 21.5. The van der Waals surface area contributed by atoms with Crippen molar-refractivity contribution in [2.24, 2.45) is 0 Å². The molecule has 2 aromatic rings. The van der Waals surface area contributed by atoms with E-state index in [0.29, 0.717) is 18.5 Å². The highest BCUT2D eigenvalue weighted by Crippen LogP contribution is 2.29. The van der Waals surface area contributed by atoms with Gasteiger partial charge >= 0.3 is 6.18 Å². The van der Waals surface area contributed by atoms with Crippen LogP contribution < -0.4 is 10.6 Å². The Morgan fingerprint density at radius 1 is 1.17 bits per heavy atom. The minimum atomic E-state index is -4.38. The van der Waals surface area contributed by atoms with E-state index in [-0.39, 0.29) is 6.10 Å². The molecule has 1 aromatic heterocycles. The first kappa shape index (κ1) is 16.7. The molecule has 128 valence electrons. The first-order valence-corrected chi connectivity index (χ1v) is 7.67. The molecule has 2 unspecified atom stereocenters. The summed E-state index contributed by atoms with van der Waals surface area (Å²) in [5.74, 6) is 0.361. The molecule has 0 radical (unpaired) electrons. The fraction of sp³-hybridized carbons (Fsp3) is 0.353. The second-order valence-corrected chi connectivity index (χ2v) is 5.81. The maximum absolute atomic E-state index is 12.5. The first-order valence-electron chi connectivity index (χ1n) is 7.67. The molecule has 0 bridgehead atoms. The van der Waals surface area contributed by atoms with Crippen molar-refractivity contribution in [1.29, 1.82) is 0 Å². The van der Waals surface area contributed by atoms with Crippen molar-refractivity contribution in [2.75, 3.05) is 18.5 Å². The number of halogens is 3. The monoisotopic (exact) mass is 337 g/mol. The first-order chi connectivity index (χ1) is 11.4. The maximum atomic E-state index is 12.5. The van der Waals surface area contributed by atoms with Crippen molar-refractivity contribution in [1.82, 2.24) is 10.3 Å². The molecule has 4 nitrogen and oxygen atoms in total. The summed E-state index contributed by atoms with van der Waals surface area (Å²) < 4.78 is 43.3. The van der Waals surface area contributed by atoms with Crippen LogP contribution in [0.5, 0.6) is 0 Å². The van der Waals surface area contributed by atoms with Gasteiger partial charge in [-0.1, -0.05) is 12.1 Å². The molecule has 0 aliphatic carbocycles. The number of hydrogen-bond acceptors (Lipinski definition) is 4. The standard InChI is InChI=1S/C17H18F3N3O/c1-11-10-24-15(9-21-11)12-2-5-14(6-3-12)23-16-7-4-13(8-22-16)17(18,19)20/h2-8,11,15,21H,9-10H2,1H3,(H,22,23). The van der Waals surface area contributed by atoms with E-state index in [1.54, 1.807) is 0 Å². The van der Waals surface area contributed by atoms with Crippen LogP contribution in [0.4, 0.5) is 24.7 Å². The van der Waals surface area contributed by atoms with Crippen molar-refractivity contribution in [3.05, 3.63) is 53.7 Å². The van der Waals surface area contributed by atoms with Gasteiger partial charge in [0.25, 0.3) is 0 Å². The summed E-state index contributed by atoms with van der Waals surface area (Å²) in [5, 5.41) is 6.34. The number of alkyl halides is 3. The predicted molar refractivity (Wildman–Crippen MR) is 85.1 cm³/mol. The average Bonchev–Trinajstić information content (AvgIpc) is 2.56. The Kier molecular flexibility index (Phi) is 4.73. The average molecular weight is 337 g/mol. The van der Waals surface area contributed by atoms with Gasteiger partial charge in [0, 0.05) is 24.5 Å². The molecule has 1 aromatic carbocycles. The summed E-state index contributed by atoms with van der Waals surface area (Å²) in [6.07, 6.45) is -3.54. The quantitative estimate of drug-likeness (QED) is 0.892. The van der Waals surface area contributed by atoms with Crippen LogP contribution in [-0.2, 0) is 10.9 Å². The van der Waals surface area contributed by atoms with E-state index in [1.165, 1.54) is 6.07 Å². The predicted octanol–water partition coefficient (Wildman–Crippen LogP) is 3.89. The Bertz CT molecular complexity index is 663.